The van der Waals surface area contributed by atoms with Crippen LogP contribution in [0.15, 0.2) is 18.2 Å². The Labute approximate surface area is 126 Å². The minimum Gasteiger partial charge on any atom is -0.377 e. The molecule has 1 saturated heterocycles. The van der Waals surface area contributed by atoms with Crippen LogP contribution in [0, 0.1) is 13.8 Å². The van der Waals surface area contributed by atoms with Crippen molar-refractivity contribution in [3.05, 3.63) is 34.9 Å². The zero-order valence-corrected chi connectivity index (χ0v) is 13.7. The zero-order chi connectivity index (χ0) is 15.8. The first-order valence-corrected chi connectivity index (χ1v) is 8.82. The Morgan fingerprint density at radius 1 is 1.29 bits per heavy atom. The fourth-order valence-corrected chi connectivity index (χ4v) is 4.68. The van der Waals surface area contributed by atoms with Gasteiger partial charge in [0, 0.05) is 12.2 Å². The molecule has 1 aromatic rings. The first-order valence-electron chi connectivity index (χ1n) is 7.21. The molecule has 5 heteroatoms. The number of carbonyl (C=O) groups is 1. The lowest BCUT2D eigenvalue weighted by Gasteiger charge is -2.20. The standard InChI is InChI=1S/C16H22O4S/c1-10-5-6-14(9-11(10)2)16(17)13(4)21(18,19)15-7-8-20-12(15)3/h5-6,9,12-13,15H,7-8H2,1-4H3. The third kappa shape index (κ3) is 3.04. The lowest BCUT2D eigenvalue weighted by molar-refractivity contribution is 0.0990. The summed E-state index contributed by atoms with van der Waals surface area (Å²) < 4.78 is 30.5. The molecule has 0 spiro atoms. The van der Waals surface area contributed by atoms with Crippen molar-refractivity contribution in [1.82, 2.24) is 0 Å². The van der Waals surface area contributed by atoms with E-state index in [4.69, 9.17) is 4.74 Å². The Hall–Kier alpha value is -1.20. The Morgan fingerprint density at radius 3 is 2.48 bits per heavy atom. The fourth-order valence-electron chi connectivity index (χ4n) is 2.68. The summed E-state index contributed by atoms with van der Waals surface area (Å²) in [6, 6.07) is 5.31. The van der Waals surface area contributed by atoms with Gasteiger partial charge < -0.3 is 4.74 Å². The number of benzene rings is 1. The second-order valence-electron chi connectivity index (χ2n) is 5.80. The van der Waals surface area contributed by atoms with Crippen molar-refractivity contribution in [3.8, 4) is 0 Å². The highest BCUT2D eigenvalue weighted by Crippen LogP contribution is 2.26. The van der Waals surface area contributed by atoms with Crippen molar-refractivity contribution < 1.29 is 17.9 Å². The van der Waals surface area contributed by atoms with Crippen molar-refractivity contribution in [3.63, 3.8) is 0 Å². The molecule has 0 bridgehead atoms. The summed E-state index contributed by atoms with van der Waals surface area (Å²) in [6.07, 6.45) is 0.124. The Kier molecular flexibility index (Phi) is 4.54. The molecule has 0 N–H and O–H groups in total. The van der Waals surface area contributed by atoms with Gasteiger partial charge in [0.25, 0.3) is 0 Å². The summed E-state index contributed by atoms with van der Waals surface area (Å²) in [6.45, 7) is 7.55. The number of aryl methyl sites for hydroxylation is 2. The molecule has 0 aliphatic carbocycles. The van der Waals surface area contributed by atoms with E-state index < -0.39 is 20.3 Å². The topological polar surface area (TPSA) is 60.4 Å². The molecule has 0 amide bonds. The normalized spacial score (nSPS) is 24.0. The molecule has 1 heterocycles. The summed E-state index contributed by atoms with van der Waals surface area (Å²) in [5.74, 6) is -0.336. The predicted molar refractivity (Wildman–Crippen MR) is 82.4 cm³/mol. The third-order valence-corrected chi connectivity index (χ3v) is 7.04. The van der Waals surface area contributed by atoms with Gasteiger partial charge in [-0.2, -0.15) is 0 Å². The minimum absolute atomic E-state index is 0.336. The van der Waals surface area contributed by atoms with E-state index in [-0.39, 0.29) is 11.9 Å². The fraction of sp³-hybridized carbons (Fsp3) is 0.562. The molecule has 1 aliphatic heterocycles. The number of carbonyl (C=O) groups excluding carboxylic acids is 1. The molecule has 0 radical (unpaired) electrons. The van der Waals surface area contributed by atoms with Crippen molar-refractivity contribution in [2.45, 2.75) is 50.7 Å². The van der Waals surface area contributed by atoms with Crippen molar-refractivity contribution in [2.75, 3.05) is 6.61 Å². The van der Waals surface area contributed by atoms with Crippen molar-refractivity contribution in [2.24, 2.45) is 0 Å². The number of rotatable bonds is 4. The van der Waals surface area contributed by atoms with Crippen LogP contribution in [-0.4, -0.2) is 37.4 Å². The molecule has 21 heavy (non-hydrogen) atoms. The van der Waals surface area contributed by atoms with Gasteiger partial charge in [0.05, 0.1) is 11.4 Å². The summed E-state index contributed by atoms with van der Waals surface area (Å²) in [7, 11) is -3.53. The van der Waals surface area contributed by atoms with E-state index >= 15 is 0 Å². The molecule has 3 atom stereocenters. The van der Waals surface area contributed by atoms with Crippen LogP contribution < -0.4 is 0 Å². The molecular weight excluding hydrogens is 288 g/mol. The monoisotopic (exact) mass is 310 g/mol. The van der Waals surface area contributed by atoms with Crippen LogP contribution in [-0.2, 0) is 14.6 Å². The maximum atomic E-state index is 12.6. The van der Waals surface area contributed by atoms with Gasteiger partial charge in [-0.3, -0.25) is 4.79 Å². The first kappa shape index (κ1) is 16.2. The van der Waals surface area contributed by atoms with Gasteiger partial charge in [0.2, 0.25) is 0 Å². The molecule has 0 saturated carbocycles. The maximum Gasteiger partial charge on any atom is 0.180 e. The molecule has 1 fully saturated rings. The number of hydrogen-bond acceptors (Lipinski definition) is 4. The van der Waals surface area contributed by atoms with Gasteiger partial charge in [-0.15, -0.1) is 0 Å². The average Bonchev–Trinajstić information content (AvgIpc) is 2.87. The SMILES string of the molecule is Cc1ccc(C(=O)C(C)S(=O)(=O)C2CCOC2C)cc1C. The van der Waals surface area contributed by atoms with E-state index in [1.165, 1.54) is 6.92 Å². The van der Waals surface area contributed by atoms with E-state index in [0.717, 1.165) is 11.1 Å². The highest BCUT2D eigenvalue weighted by molar-refractivity contribution is 7.93. The Balaban J connectivity index is 2.28. The van der Waals surface area contributed by atoms with Crippen LogP contribution in [0.1, 0.15) is 41.8 Å². The van der Waals surface area contributed by atoms with Gasteiger partial charge >= 0.3 is 0 Å². The predicted octanol–water partition coefficient (Wildman–Crippen LogP) is 2.47. The highest BCUT2D eigenvalue weighted by Gasteiger charge is 2.41. The number of Topliss-reactive ketones (excluding diaryl/α,β-unsaturated/α-hetero) is 1. The second kappa shape index (κ2) is 5.89. The van der Waals surface area contributed by atoms with E-state index in [1.54, 1.807) is 19.1 Å². The summed E-state index contributed by atoms with van der Waals surface area (Å²) >= 11 is 0. The molecular formula is C16H22O4S. The molecule has 4 nitrogen and oxygen atoms in total. The van der Waals surface area contributed by atoms with E-state index in [2.05, 4.69) is 0 Å². The van der Waals surface area contributed by atoms with Crippen molar-refractivity contribution >= 4 is 15.6 Å². The van der Waals surface area contributed by atoms with E-state index in [9.17, 15) is 13.2 Å². The summed E-state index contributed by atoms with van der Waals surface area (Å²) in [5, 5.41) is -1.61. The Bertz CT molecular complexity index is 648. The van der Waals surface area contributed by atoms with Crippen LogP contribution in [0.3, 0.4) is 0 Å². The van der Waals surface area contributed by atoms with Gasteiger partial charge in [-0.05, 0) is 51.3 Å². The molecule has 0 aromatic heterocycles. The van der Waals surface area contributed by atoms with Gasteiger partial charge in [-0.25, -0.2) is 8.42 Å². The number of ether oxygens (including phenoxy) is 1. The smallest absolute Gasteiger partial charge is 0.180 e. The lowest BCUT2D eigenvalue weighted by atomic mass is 10.0. The number of sulfone groups is 1. The maximum absolute atomic E-state index is 12.6. The molecule has 1 aromatic carbocycles. The van der Waals surface area contributed by atoms with Gasteiger partial charge in [-0.1, -0.05) is 12.1 Å². The second-order valence-corrected chi connectivity index (χ2v) is 8.29. The van der Waals surface area contributed by atoms with Crippen LogP contribution in [0.4, 0.5) is 0 Å². The zero-order valence-electron chi connectivity index (χ0n) is 12.9. The molecule has 1 aliphatic rings. The van der Waals surface area contributed by atoms with Crippen molar-refractivity contribution in [1.29, 1.82) is 0 Å². The number of ketones is 1. The third-order valence-electron chi connectivity index (χ3n) is 4.38. The van der Waals surface area contributed by atoms with E-state index in [1.807, 2.05) is 19.9 Å². The highest BCUT2D eigenvalue weighted by atomic mass is 32.2. The minimum atomic E-state index is -3.53. The van der Waals surface area contributed by atoms with Crippen LogP contribution in [0.25, 0.3) is 0 Å². The van der Waals surface area contributed by atoms with Crippen LogP contribution in [0.5, 0.6) is 0 Å². The largest absolute Gasteiger partial charge is 0.377 e. The lowest BCUT2D eigenvalue weighted by Crippen LogP contribution is -2.39. The molecule has 116 valence electrons. The summed E-state index contributed by atoms with van der Waals surface area (Å²) in [4.78, 5) is 12.5. The number of hydrogen-bond donors (Lipinski definition) is 0. The van der Waals surface area contributed by atoms with Gasteiger partial charge in [0.15, 0.2) is 15.6 Å². The first-order chi connectivity index (χ1) is 9.75. The Morgan fingerprint density at radius 2 is 1.95 bits per heavy atom. The molecule has 2 rings (SSSR count). The molecule has 3 unspecified atom stereocenters. The average molecular weight is 310 g/mol. The van der Waals surface area contributed by atoms with E-state index in [0.29, 0.717) is 18.6 Å². The summed E-state index contributed by atoms with van der Waals surface area (Å²) in [5.41, 5.74) is 2.53. The quantitative estimate of drug-likeness (QED) is 0.802. The van der Waals surface area contributed by atoms with Crippen LogP contribution in [0.2, 0.25) is 0 Å². The van der Waals surface area contributed by atoms with Gasteiger partial charge in [0.1, 0.15) is 5.25 Å². The van der Waals surface area contributed by atoms with Crippen LogP contribution >= 0.6 is 0 Å².